The molecule has 4 aliphatic rings. The number of aromatic carboxylic acids is 1. The molecular weight excluding hydrogens is 557 g/mol. The van der Waals surface area contributed by atoms with Crippen molar-refractivity contribution in [3.05, 3.63) is 74.8 Å². The Kier molecular flexibility index (Phi) is 6.39. The van der Waals surface area contributed by atoms with Gasteiger partial charge in [-0.2, -0.15) is 0 Å². The average Bonchev–Trinajstić information content (AvgIpc) is 3.52. The van der Waals surface area contributed by atoms with Gasteiger partial charge in [-0.05, 0) is 56.4 Å². The molecule has 2 saturated carbocycles. The fourth-order valence-corrected chi connectivity index (χ4v) is 7.37. The largest absolute Gasteiger partial charge is 0.478 e. The van der Waals surface area contributed by atoms with Crippen molar-refractivity contribution in [1.29, 1.82) is 0 Å². The predicted molar refractivity (Wildman–Crippen MR) is 151 cm³/mol. The van der Waals surface area contributed by atoms with Gasteiger partial charge in [0.15, 0.2) is 5.13 Å². The van der Waals surface area contributed by atoms with Gasteiger partial charge in [0.05, 0.1) is 34.0 Å². The van der Waals surface area contributed by atoms with Gasteiger partial charge in [0, 0.05) is 40.1 Å². The molecule has 2 unspecified atom stereocenters. The monoisotopic (exact) mass is 581 g/mol. The molecule has 0 spiro atoms. The summed E-state index contributed by atoms with van der Waals surface area (Å²) in [5, 5.41) is 17.7. The summed E-state index contributed by atoms with van der Waals surface area (Å²) >= 11 is 14.7. The van der Waals surface area contributed by atoms with Gasteiger partial charge in [0.1, 0.15) is 11.5 Å². The summed E-state index contributed by atoms with van der Waals surface area (Å²) in [4.78, 5) is 18.5. The maximum atomic E-state index is 11.1. The molecule has 2 saturated heterocycles. The van der Waals surface area contributed by atoms with Crippen LogP contribution in [-0.2, 0) is 11.3 Å². The molecule has 3 atom stereocenters. The minimum atomic E-state index is -0.928. The molecule has 0 amide bonds. The fourth-order valence-electron chi connectivity index (χ4n) is 5.82. The van der Waals surface area contributed by atoms with E-state index in [2.05, 4.69) is 10.1 Å². The van der Waals surface area contributed by atoms with Crippen LogP contribution in [0.25, 0.3) is 22.5 Å². The first kappa shape index (κ1) is 25.1. The lowest BCUT2D eigenvalue weighted by molar-refractivity contribution is -0.0169. The lowest BCUT2D eigenvalue weighted by Gasteiger charge is -2.55. The molecule has 2 aliphatic heterocycles. The number of piperidine rings is 1. The number of halogens is 2. The normalized spacial score (nSPS) is 22.1. The minimum absolute atomic E-state index is 0.143. The number of rotatable bonds is 8. The predicted octanol–water partition coefficient (Wildman–Crippen LogP) is 7.67. The number of hydrogen-bond donors (Lipinski definition) is 1. The number of carboxylic acid groups (broad SMARTS) is 1. The Balaban J connectivity index is 1.04. The van der Waals surface area contributed by atoms with Crippen LogP contribution in [0.2, 0.25) is 10.0 Å². The van der Waals surface area contributed by atoms with Crippen LogP contribution in [0.5, 0.6) is 0 Å². The lowest BCUT2D eigenvalue weighted by Crippen LogP contribution is -2.62. The molecule has 39 heavy (non-hydrogen) atoms. The van der Waals surface area contributed by atoms with Crippen LogP contribution in [-0.4, -0.2) is 39.4 Å². The molecule has 2 bridgehead atoms. The van der Waals surface area contributed by atoms with Gasteiger partial charge >= 0.3 is 5.97 Å². The van der Waals surface area contributed by atoms with Gasteiger partial charge in [-0.1, -0.05) is 46.6 Å². The van der Waals surface area contributed by atoms with E-state index >= 15 is 0 Å². The molecule has 4 aromatic rings. The highest BCUT2D eigenvalue weighted by molar-refractivity contribution is 7.14. The highest BCUT2D eigenvalue weighted by Gasteiger charge is 2.47. The number of benzene rings is 2. The Labute approximate surface area is 239 Å². The van der Waals surface area contributed by atoms with E-state index in [1.165, 1.54) is 0 Å². The fraction of sp³-hybridized carbons (Fsp3) is 0.345. The second-order valence-corrected chi connectivity index (χ2v) is 12.1. The lowest BCUT2D eigenvalue weighted by atomic mass is 9.78. The Bertz CT molecular complexity index is 1520. The number of nitrogens with zero attached hydrogens (tertiary/aromatic N) is 3. The number of carboxylic acids is 1. The number of ether oxygens (including phenoxy) is 1. The van der Waals surface area contributed by atoms with Crippen LogP contribution in [0.3, 0.4) is 0 Å². The van der Waals surface area contributed by atoms with Crippen molar-refractivity contribution < 1.29 is 19.2 Å². The van der Waals surface area contributed by atoms with Crippen LogP contribution in [0.15, 0.2) is 52.4 Å². The van der Waals surface area contributed by atoms with Crippen LogP contribution in [0.1, 0.15) is 59.7 Å². The van der Waals surface area contributed by atoms with Crippen LogP contribution >= 0.6 is 34.5 Å². The molecule has 8 rings (SSSR count). The van der Waals surface area contributed by atoms with Gasteiger partial charge < -0.3 is 19.3 Å². The summed E-state index contributed by atoms with van der Waals surface area (Å²) in [7, 11) is 0. The topological polar surface area (TPSA) is 88.7 Å². The van der Waals surface area contributed by atoms with Crippen molar-refractivity contribution in [3.63, 3.8) is 0 Å². The molecule has 4 fully saturated rings. The van der Waals surface area contributed by atoms with Crippen molar-refractivity contribution in [2.75, 3.05) is 4.90 Å². The number of anilines is 1. The molecule has 2 aliphatic carbocycles. The molecule has 4 heterocycles. The molecule has 200 valence electrons. The highest BCUT2D eigenvalue weighted by Crippen LogP contribution is 2.48. The van der Waals surface area contributed by atoms with Gasteiger partial charge in [-0.15, -0.1) is 11.3 Å². The summed E-state index contributed by atoms with van der Waals surface area (Å²) in [5.41, 5.74) is 4.41. The van der Waals surface area contributed by atoms with Crippen molar-refractivity contribution in [2.45, 2.75) is 62.8 Å². The number of thiazole rings is 1. The Morgan fingerprint density at radius 1 is 1.08 bits per heavy atom. The summed E-state index contributed by atoms with van der Waals surface area (Å²) in [6.07, 6.45) is 5.35. The van der Waals surface area contributed by atoms with E-state index in [0.717, 1.165) is 59.8 Å². The van der Waals surface area contributed by atoms with Gasteiger partial charge in [0.2, 0.25) is 0 Å². The highest BCUT2D eigenvalue weighted by atomic mass is 35.5. The van der Waals surface area contributed by atoms with Crippen molar-refractivity contribution in [1.82, 2.24) is 10.1 Å². The second-order valence-electron chi connectivity index (χ2n) is 10.5. The third-order valence-corrected chi connectivity index (χ3v) is 9.46. The maximum absolute atomic E-state index is 11.1. The van der Waals surface area contributed by atoms with E-state index in [-0.39, 0.29) is 11.7 Å². The zero-order valence-corrected chi connectivity index (χ0v) is 23.2. The first-order valence-corrected chi connectivity index (χ1v) is 14.7. The zero-order chi connectivity index (χ0) is 26.7. The summed E-state index contributed by atoms with van der Waals surface area (Å²) in [6.45, 7) is 0.421. The standard InChI is InChI=1S/C29H25Cl2N3O4S/c30-22-2-1-3-23(31)25(22)26-21(27(38-33-26)16-6-7-16)13-37-20-11-18-10-19(12-20)34(18)29-32-24(14-39-29)15-4-8-17(9-5-15)28(35)36/h1-5,8-9,14,16,18-20H,6-7,10-13H2,(H,35,36)/t18-,19?,20?/m1/s1. The third-order valence-electron chi connectivity index (χ3n) is 7.97. The first-order chi connectivity index (χ1) is 19.0. The van der Waals surface area contributed by atoms with Crippen LogP contribution in [0.4, 0.5) is 5.13 Å². The quantitative estimate of drug-likeness (QED) is 0.228. The smallest absolute Gasteiger partial charge is 0.335 e. The molecule has 2 aromatic heterocycles. The van der Waals surface area contributed by atoms with E-state index in [1.807, 2.05) is 35.7 Å². The van der Waals surface area contributed by atoms with Crippen LogP contribution in [0, 0.1) is 0 Å². The number of fused-ring (bicyclic) bond motifs is 2. The van der Waals surface area contributed by atoms with Crippen molar-refractivity contribution >= 4 is 45.6 Å². The summed E-state index contributed by atoms with van der Waals surface area (Å²) in [6, 6.07) is 13.1. The van der Waals surface area contributed by atoms with Gasteiger partial charge in [-0.3, -0.25) is 0 Å². The molecule has 2 aromatic carbocycles. The van der Waals surface area contributed by atoms with Gasteiger partial charge in [0.25, 0.3) is 0 Å². The maximum Gasteiger partial charge on any atom is 0.335 e. The number of hydrogen-bond acceptors (Lipinski definition) is 7. The van der Waals surface area contributed by atoms with E-state index in [0.29, 0.717) is 45.9 Å². The minimum Gasteiger partial charge on any atom is -0.478 e. The second kappa shape index (κ2) is 9.93. The van der Waals surface area contributed by atoms with Crippen molar-refractivity contribution in [3.8, 4) is 22.5 Å². The van der Waals surface area contributed by atoms with Gasteiger partial charge in [-0.25, -0.2) is 9.78 Å². The molecular formula is C29H25Cl2N3O4S. The van der Waals surface area contributed by atoms with Crippen molar-refractivity contribution in [2.24, 2.45) is 0 Å². The third kappa shape index (κ3) is 4.63. The SMILES string of the molecule is O=C(O)c1ccc(-c2csc(N3C4CC(OCc5c(-c6c(Cl)cccc6Cl)noc5C5CC5)C[C@H]3C4)n2)cc1. The zero-order valence-electron chi connectivity index (χ0n) is 20.8. The summed E-state index contributed by atoms with van der Waals surface area (Å²) in [5.74, 6) is 0.360. The Morgan fingerprint density at radius 3 is 2.46 bits per heavy atom. The van der Waals surface area contributed by atoms with E-state index in [1.54, 1.807) is 23.5 Å². The molecule has 1 N–H and O–H groups in total. The summed E-state index contributed by atoms with van der Waals surface area (Å²) < 4.78 is 12.3. The molecule has 10 heteroatoms. The van der Waals surface area contributed by atoms with Crippen LogP contribution < -0.4 is 4.90 Å². The first-order valence-electron chi connectivity index (χ1n) is 13.1. The van der Waals surface area contributed by atoms with E-state index in [4.69, 9.17) is 42.6 Å². The Morgan fingerprint density at radius 2 is 1.79 bits per heavy atom. The Hall–Kier alpha value is -2.91. The molecule has 0 radical (unpaired) electrons. The molecule has 7 nitrogen and oxygen atoms in total. The number of carbonyl (C=O) groups is 1. The van der Waals surface area contributed by atoms with E-state index < -0.39 is 5.97 Å². The number of aromatic nitrogens is 2. The van der Waals surface area contributed by atoms with E-state index in [9.17, 15) is 4.79 Å². The average molecular weight is 583 g/mol.